The molecule has 1 aromatic carbocycles. The number of hydrogen-bond donors (Lipinski definition) is 1. The Bertz CT molecular complexity index is 483. The molecule has 0 saturated heterocycles. The summed E-state index contributed by atoms with van der Waals surface area (Å²) in [6.45, 7) is 1.76. The number of aryl methyl sites for hydroxylation is 1. The second-order valence-electron chi connectivity index (χ2n) is 2.81. The zero-order valence-corrected chi connectivity index (χ0v) is 10.7. The van der Waals surface area contributed by atoms with E-state index < -0.39 is 11.1 Å². The van der Waals surface area contributed by atoms with Crippen LogP contribution in [0.15, 0.2) is 23.2 Å². The summed E-state index contributed by atoms with van der Waals surface area (Å²) in [5.74, 6) is 0. The van der Waals surface area contributed by atoms with Gasteiger partial charge in [0.05, 0.1) is 11.7 Å². The number of nitrogens with one attached hydrogen (secondary N) is 1. The van der Waals surface area contributed by atoms with Crippen molar-refractivity contribution in [3.63, 3.8) is 0 Å². The fraction of sp³-hybridized carbons (Fsp3) is 0.125. The quantitative estimate of drug-likeness (QED) is 0.449. The van der Waals surface area contributed by atoms with E-state index in [1.807, 2.05) is 0 Å². The van der Waals surface area contributed by atoms with Crippen molar-refractivity contribution in [2.45, 2.75) is 11.8 Å². The van der Waals surface area contributed by atoms with Crippen molar-refractivity contribution in [1.29, 1.82) is 0 Å². The van der Waals surface area contributed by atoms with Crippen LogP contribution in [0.2, 0.25) is 0 Å². The molecule has 0 fully saturated rings. The molecule has 1 atom stereocenters. The molecule has 2 rings (SSSR count). The summed E-state index contributed by atoms with van der Waals surface area (Å²) in [5, 5.41) is 7.40. The first-order valence-electron chi connectivity index (χ1n) is 3.71. The van der Waals surface area contributed by atoms with Crippen LogP contribution < -0.4 is 29.6 Å². The van der Waals surface area contributed by atoms with Gasteiger partial charge in [-0.25, -0.2) is 0 Å². The van der Waals surface area contributed by atoms with E-state index in [1.165, 1.54) is 0 Å². The van der Waals surface area contributed by atoms with Crippen LogP contribution >= 0.6 is 0 Å². The van der Waals surface area contributed by atoms with Crippen molar-refractivity contribution in [3.8, 4) is 0 Å². The first-order chi connectivity index (χ1) is 6.18. The third-order valence-electron chi connectivity index (χ3n) is 1.92. The Morgan fingerprint density at radius 2 is 2.21 bits per heavy atom. The van der Waals surface area contributed by atoms with Gasteiger partial charge in [-0.3, -0.25) is 9.31 Å². The van der Waals surface area contributed by atoms with Crippen molar-refractivity contribution in [2.24, 2.45) is 0 Å². The predicted octanol–water partition coefficient (Wildman–Crippen LogP) is -1.89. The topological polar surface area (TPSA) is 68.8 Å². The van der Waals surface area contributed by atoms with E-state index in [1.54, 1.807) is 25.3 Å². The first kappa shape index (κ1) is 11.9. The standard InChI is InChI=1S/C8H8N2O2S.Na/c1-5-2-7-6(4-9-10-7)3-8(5)13(11)12;/h2-4H,1H3,(H,9,10)(H,11,12);/q;+1/p-1. The number of H-pyrrole nitrogens is 1. The third-order valence-corrected chi connectivity index (χ3v) is 2.71. The molecule has 0 aliphatic rings. The number of nitrogens with zero attached hydrogens (tertiary/aromatic N) is 1. The molecule has 4 nitrogen and oxygen atoms in total. The minimum Gasteiger partial charge on any atom is -0.768 e. The van der Waals surface area contributed by atoms with Crippen LogP contribution in [0, 0.1) is 6.92 Å². The molecule has 1 unspecified atom stereocenters. The molecule has 0 aliphatic heterocycles. The SMILES string of the molecule is Cc1cc2[nH]ncc2cc1S(=O)[O-].[Na+]. The van der Waals surface area contributed by atoms with Gasteiger partial charge in [0.15, 0.2) is 0 Å². The zero-order valence-electron chi connectivity index (χ0n) is 7.90. The number of aromatic amines is 1. The molecule has 1 aromatic heterocycles. The van der Waals surface area contributed by atoms with Gasteiger partial charge in [-0.2, -0.15) is 5.10 Å². The van der Waals surface area contributed by atoms with Crippen molar-refractivity contribution >= 4 is 22.0 Å². The Labute approximate surface area is 106 Å². The summed E-state index contributed by atoms with van der Waals surface area (Å²) in [5.41, 5.74) is 1.58. The van der Waals surface area contributed by atoms with Crippen molar-refractivity contribution < 1.29 is 38.3 Å². The molecule has 68 valence electrons. The molecule has 6 heteroatoms. The monoisotopic (exact) mass is 218 g/mol. The molecular weight excluding hydrogens is 211 g/mol. The Morgan fingerprint density at radius 1 is 1.50 bits per heavy atom. The van der Waals surface area contributed by atoms with Gasteiger partial charge in [-0.05, 0) is 35.7 Å². The average Bonchev–Trinajstić information content (AvgIpc) is 2.48. The summed E-state index contributed by atoms with van der Waals surface area (Å²) < 4.78 is 21.5. The van der Waals surface area contributed by atoms with E-state index in [-0.39, 0.29) is 29.6 Å². The minimum atomic E-state index is -2.17. The Hall–Kier alpha value is -0.200. The van der Waals surface area contributed by atoms with Gasteiger partial charge in [0.2, 0.25) is 0 Å². The van der Waals surface area contributed by atoms with E-state index in [0.29, 0.717) is 4.90 Å². The first-order valence-corrected chi connectivity index (χ1v) is 4.79. The normalized spacial score (nSPS) is 12.4. The van der Waals surface area contributed by atoms with Gasteiger partial charge in [-0.1, -0.05) is 0 Å². The van der Waals surface area contributed by atoms with Gasteiger partial charge < -0.3 is 4.55 Å². The van der Waals surface area contributed by atoms with Crippen molar-refractivity contribution in [1.82, 2.24) is 10.2 Å². The molecule has 0 radical (unpaired) electrons. The molecule has 0 amide bonds. The fourth-order valence-electron chi connectivity index (χ4n) is 1.26. The second-order valence-corrected chi connectivity index (χ2v) is 3.72. The van der Waals surface area contributed by atoms with Gasteiger partial charge in [0, 0.05) is 10.3 Å². The maximum absolute atomic E-state index is 10.8. The van der Waals surface area contributed by atoms with Crippen LogP contribution in [0.3, 0.4) is 0 Å². The van der Waals surface area contributed by atoms with Gasteiger partial charge >= 0.3 is 29.6 Å². The minimum absolute atomic E-state index is 0. The molecule has 0 aliphatic carbocycles. The molecule has 2 aromatic rings. The number of fused-ring (bicyclic) bond motifs is 1. The maximum Gasteiger partial charge on any atom is 1.00 e. The maximum atomic E-state index is 10.8. The summed E-state index contributed by atoms with van der Waals surface area (Å²) in [4.78, 5) is 0.328. The Kier molecular flexibility index (Phi) is 3.86. The van der Waals surface area contributed by atoms with Crippen LogP contribution in [-0.4, -0.2) is 19.0 Å². The molecule has 0 spiro atoms. The van der Waals surface area contributed by atoms with Crippen molar-refractivity contribution in [3.05, 3.63) is 23.9 Å². The predicted molar refractivity (Wildman–Crippen MR) is 48.0 cm³/mol. The van der Waals surface area contributed by atoms with Gasteiger partial charge in [0.25, 0.3) is 0 Å². The summed E-state index contributed by atoms with van der Waals surface area (Å²) >= 11 is -2.17. The van der Waals surface area contributed by atoms with Crippen molar-refractivity contribution in [2.75, 3.05) is 0 Å². The molecule has 0 bridgehead atoms. The fourth-order valence-corrected chi connectivity index (χ4v) is 1.80. The zero-order chi connectivity index (χ0) is 9.42. The molecule has 14 heavy (non-hydrogen) atoms. The van der Waals surface area contributed by atoms with Gasteiger partial charge in [-0.15, -0.1) is 0 Å². The molecule has 0 saturated carbocycles. The average molecular weight is 218 g/mol. The van der Waals surface area contributed by atoms with E-state index in [0.717, 1.165) is 16.5 Å². The number of aromatic nitrogens is 2. The third kappa shape index (κ3) is 2.07. The smallest absolute Gasteiger partial charge is 0.768 e. The van der Waals surface area contributed by atoms with Crippen LogP contribution in [0.5, 0.6) is 0 Å². The van der Waals surface area contributed by atoms with Crippen LogP contribution in [-0.2, 0) is 11.1 Å². The Balaban J connectivity index is 0.000000980. The second kappa shape index (κ2) is 4.55. The molecule has 1 heterocycles. The van der Waals surface area contributed by atoms with E-state index in [9.17, 15) is 8.76 Å². The van der Waals surface area contributed by atoms with Gasteiger partial charge in [0.1, 0.15) is 0 Å². The van der Waals surface area contributed by atoms with E-state index in [2.05, 4.69) is 10.2 Å². The van der Waals surface area contributed by atoms with Crippen LogP contribution in [0.4, 0.5) is 0 Å². The Morgan fingerprint density at radius 3 is 2.86 bits per heavy atom. The number of benzene rings is 1. The van der Waals surface area contributed by atoms with Crippen LogP contribution in [0.1, 0.15) is 5.56 Å². The van der Waals surface area contributed by atoms with Crippen LogP contribution in [0.25, 0.3) is 10.9 Å². The van der Waals surface area contributed by atoms with E-state index >= 15 is 0 Å². The summed E-state index contributed by atoms with van der Waals surface area (Å²) in [6.07, 6.45) is 1.60. The summed E-state index contributed by atoms with van der Waals surface area (Å²) in [7, 11) is 0. The number of hydrogen-bond acceptors (Lipinski definition) is 3. The largest absolute Gasteiger partial charge is 1.00 e. The molecular formula is C8H7N2NaO2S. The number of rotatable bonds is 1. The van der Waals surface area contributed by atoms with E-state index in [4.69, 9.17) is 0 Å². The summed E-state index contributed by atoms with van der Waals surface area (Å²) in [6, 6.07) is 3.38. The molecule has 1 N–H and O–H groups in total.